The van der Waals surface area contributed by atoms with Crippen LogP contribution in [-0.2, 0) is 11.2 Å². The molecule has 0 aliphatic carbocycles. The van der Waals surface area contributed by atoms with E-state index in [1.165, 1.54) is 5.56 Å². The summed E-state index contributed by atoms with van der Waals surface area (Å²) in [5, 5.41) is 0. The van der Waals surface area contributed by atoms with Crippen molar-refractivity contribution in [1.29, 1.82) is 0 Å². The minimum Gasteiger partial charge on any atom is -0.340 e. The van der Waals surface area contributed by atoms with E-state index in [-0.39, 0.29) is 5.91 Å². The molecule has 0 fully saturated rings. The highest BCUT2D eigenvalue weighted by Crippen LogP contribution is 2.14. The molecule has 0 radical (unpaired) electrons. The van der Waals surface area contributed by atoms with Gasteiger partial charge in [-0.05, 0) is 44.7 Å². The minimum atomic E-state index is 0.289. The lowest BCUT2D eigenvalue weighted by Gasteiger charge is -2.30. The monoisotopic (exact) mass is 290 g/mol. The fourth-order valence-electron chi connectivity index (χ4n) is 2.74. The second-order valence-electron chi connectivity index (χ2n) is 5.53. The third-order valence-electron chi connectivity index (χ3n) is 3.98. The fraction of sp³-hybridized carbons (Fsp3) is 0.611. The van der Waals surface area contributed by atoms with Crippen LogP contribution in [0.15, 0.2) is 30.3 Å². The van der Waals surface area contributed by atoms with E-state index in [1.807, 2.05) is 6.07 Å². The Morgan fingerprint density at radius 2 is 1.86 bits per heavy atom. The first-order valence-corrected chi connectivity index (χ1v) is 8.26. The number of nitrogens with two attached hydrogens (primary N) is 1. The van der Waals surface area contributed by atoms with Gasteiger partial charge in [0.05, 0.1) is 0 Å². The summed E-state index contributed by atoms with van der Waals surface area (Å²) in [5.41, 5.74) is 6.80. The van der Waals surface area contributed by atoms with Gasteiger partial charge in [-0.1, -0.05) is 43.7 Å². The molecule has 1 atom stereocenters. The summed E-state index contributed by atoms with van der Waals surface area (Å²) in [5.74, 6) is 0.289. The maximum Gasteiger partial charge on any atom is 0.222 e. The van der Waals surface area contributed by atoms with Crippen LogP contribution in [0.1, 0.15) is 51.5 Å². The molecular weight excluding hydrogens is 260 g/mol. The van der Waals surface area contributed by atoms with Crippen LogP contribution in [-0.4, -0.2) is 29.9 Å². The molecule has 1 aromatic carbocycles. The Bertz CT molecular complexity index is 391. The number of rotatable bonds is 10. The first-order chi connectivity index (χ1) is 10.2. The predicted octanol–water partition coefficient (Wildman–Crippen LogP) is 3.38. The van der Waals surface area contributed by atoms with Crippen molar-refractivity contribution in [3.8, 4) is 0 Å². The number of hydrogen-bond donors (Lipinski definition) is 1. The highest BCUT2D eigenvalue weighted by Gasteiger charge is 2.20. The number of carbonyl (C=O) groups excluding carboxylic acids is 1. The molecule has 0 aliphatic heterocycles. The van der Waals surface area contributed by atoms with Gasteiger partial charge in [-0.25, -0.2) is 0 Å². The van der Waals surface area contributed by atoms with Crippen LogP contribution in [0.5, 0.6) is 0 Å². The Morgan fingerprint density at radius 1 is 1.14 bits per heavy atom. The maximum absolute atomic E-state index is 12.4. The number of carbonyl (C=O) groups is 1. The molecule has 1 amide bonds. The van der Waals surface area contributed by atoms with Crippen molar-refractivity contribution in [3.05, 3.63) is 35.9 Å². The molecule has 3 nitrogen and oxygen atoms in total. The Balaban J connectivity index is 2.56. The van der Waals surface area contributed by atoms with Crippen molar-refractivity contribution < 1.29 is 4.79 Å². The van der Waals surface area contributed by atoms with Crippen LogP contribution in [0.4, 0.5) is 0 Å². The van der Waals surface area contributed by atoms with Crippen molar-refractivity contribution in [2.24, 2.45) is 5.73 Å². The maximum atomic E-state index is 12.4. The lowest BCUT2D eigenvalue weighted by molar-refractivity contribution is -0.133. The standard InChI is InChI=1S/C18H30N2O/c1-3-17(15-16-11-7-5-8-12-16)20(4-2)18(21)13-9-6-10-14-19/h5,7-8,11-12,17H,3-4,6,9-10,13-15,19H2,1-2H3. The molecule has 1 rings (SSSR count). The highest BCUT2D eigenvalue weighted by atomic mass is 16.2. The lowest BCUT2D eigenvalue weighted by Crippen LogP contribution is -2.41. The number of amides is 1. The summed E-state index contributed by atoms with van der Waals surface area (Å²) in [7, 11) is 0. The quantitative estimate of drug-likeness (QED) is 0.672. The van der Waals surface area contributed by atoms with Gasteiger partial charge in [0.25, 0.3) is 0 Å². The average Bonchev–Trinajstić information content (AvgIpc) is 2.52. The first-order valence-electron chi connectivity index (χ1n) is 8.26. The van der Waals surface area contributed by atoms with Gasteiger partial charge in [0.15, 0.2) is 0 Å². The molecule has 0 heterocycles. The number of likely N-dealkylation sites (N-methyl/N-ethyl adjacent to an activating group) is 1. The third-order valence-corrected chi connectivity index (χ3v) is 3.98. The molecular formula is C18H30N2O. The van der Waals surface area contributed by atoms with Crippen LogP contribution in [0.25, 0.3) is 0 Å². The van der Waals surface area contributed by atoms with Crippen molar-refractivity contribution >= 4 is 5.91 Å². The van der Waals surface area contributed by atoms with Gasteiger partial charge in [0, 0.05) is 19.0 Å². The molecule has 0 saturated carbocycles. The first kappa shape index (κ1) is 17.7. The van der Waals surface area contributed by atoms with Crippen molar-refractivity contribution in [2.75, 3.05) is 13.1 Å². The van der Waals surface area contributed by atoms with Gasteiger partial charge in [-0.2, -0.15) is 0 Å². The Hall–Kier alpha value is -1.35. The van der Waals surface area contributed by atoms with Crippen LogP contribution in [0.3, 0.4) is 0 Å². The zero-order chi connectivity index (χ0) is 15.5. The summed E-state index contributed by atoms with van der Waals surface area (Å²) in [6.45, 7) is 5.75. The van der Waals surface area contributed by atoms with Crippen LogP contribution >= 0.6 is 0 Å². The van der Waals surface area contributed by atoms with E-state index in [2.05, 4.69) is 43.0 Å². The largest absolute Gasteiger partial charge is 0.340 e. The predicted molar refractivity (Wildman–Crippen MR) is 89.1 cm³/mol. The normalized spacial score (nSPS) is 12.1. The van der Waals surface area contributed by atoms with E-state index in [0.29, 0.717) is 12.5 Å². The molecule has 0 spiro atoms. The summed E-state index contributed by atoms with van der Waals surface area (Å²) in [6, 6.07) is 10.7. The smallest absolute Gasteiger partial charge is 0.222 e. The number of nitrogens with zero attached hydrogens (tertiary/aromatic N) is 1. The third kappa shape index (κ3) is 6.30. The van der Waals surface area contributed by atoms with Gasteiger partial charge in [-0.3, -0.25) is 4.79 Å². The van der Waals surface area contributed by atoms with Gasteiger partial charge >= 0.3 is 0 Å². The summed E-state index contributed by atoms with van der Waals surface area (Å²) in [4.78, 5) is 14.5. The average molecular weight is 290 g/mol. The molecule has 1 unspecified atom stereocenters. The molecule has 21 heavy (non-hydrogen) atoms. The SMILES string of the molecule is CCC(Cc1ccccc1)N(CC)C(=O)CCCCCN. The van der Waals surface area contributed by atoms with Crippen LogP contribution < -0.4 is 5.73 Å². The fourth-order valence-corrected chi connectivity index (χ4v) is 2.74. The van der Waals surface area contributed by atoms with Gasteiger partial charge in [-0.15, -0.1) is 0 Å². The highest BCUT2D eigenvalue weighted by molar-refractivity contribution is 5.76. The van der Waals surface area contributed by atoms with E-state index in [4.69, 9.17) is 5.73 Å². The number of unbranched alkanes of at least 4 members (excludes halogenated alkanes) is 2. The van der Waals surface area contributed by atoms with E-state index in [0.717, 1.165) is 45.2 Å². The minimum absolute atomic E-state index is 0.289. The molecule has 0 saturated heterocycles. The summed E-state index contributed by atoms with van der Waals surface area (Å²) in [6.07, 6.45) is 5.61. The number of benzene rings is 1. The van der Waals surface area contributed by atoms with Crippen molar-refractivity contribution in [2.45, 2.75) is 58.4 Å². The van der Waals surface area contributed by atoms with Crippen LogP contribution in [0, 0.1) is 0 Å². The summed E-state index contributed by atoms with van der Waals surface area (Å²) < 4.78 is 0. The Morgan fingerprint density at radius 3 is 2.43 bits per heavy atom. The van der Waals surface area contributed by atoms with Crippen molar-refractivity contribution in [1.82, 2.24) is 4.90 Å². The molecule has 2 N–H and O–H groups in total. The number of hydrogen-bond acceptors (Lipinski definition) is 2. The molecule has 1 aromatic rings. The second-order valence-corrected chi connectivity index (χ2v) is 5.53. The summed E-state index contributed by atoms with van der Waals surface area (Å²) >= 11 is 0. The Kier molecular flexibility index (Phi) is 8.76. The van der Waals surface area contributed by atoms with E-state index in [9.17, 15) is 4.79 Å². The zero-order valence-corrected chi connectivity index (χ0v) is 13.6. The van der Waals surface area contributed by atoms with Gasteiger partial charge < -0.3 is 10.6 Å². The molecule has 0 aromatic heterocycles. The second kappa shape index (κ2) is 10.4. The lowest BCUT2D eigenvalue weighted by atomic mass is 10.0. The van der Waals surface area contributed by atoms with Crippen molar-refractivity contribution in [3.63, 3.8) is 0 Å². The zero-order valence-electron chi connectivity index (χ0n) is 13.6. The van der Waals surface area contributed by atoms with Gasteiger partial charge in [0.2, 0.25) is 5.91 Å². The molecule has 0 aliphatic rings. The van der Waals surface area contributed by atoms with Crippen LogP contribution in [0.2, 0.25) is 0 Å². The molecule has 0 bridgehead atoms. The van der Waals surface area contributed by atoms with Gasteiger partial charge in [0.1, 0.15) is 0 Å². The van der Waals surface area contributed by atoms with E-state index >= 15 is 0 Å². The topological polar surface area (TPSA) is 46.3 Å². The molecule has 118 valence electrons. The molecule has 3 heteroatoms. The van der Waals surface area contributed by atoms with E-state index < -0.39 is 0 Å². The van der Waals surface area contributed by atoms with E-state index in [1.54, 1.807) is 0 Å². The Labute approximate surface area is 129 Å².